The molecule has 12 heteroatoms. The number of anilines is 1. The van der Waals surface area contributed by atoms with Crippen LogP contribution in [0.15, 0.2) is 36.4 Å². The third kappa shape index (κ3) is 5.60. The second kappa shape index (κ2) is 9.25. The first-order valence-corrected chi connectivity index (χ1v) is 10.6. The average molecular weight is 532 g/mol. The molecule has 0 aromatic heterocycles. The summed E-state index contributed by atoms with van der Waals surface area (Å²) in [4.78, 5) is 24.9. The number of hydrogen-bond donors (Lipinski definition) is 2. The molecule has 4 nitrogen and oxygen atoms in total. The predicted octanol–water partition coefficient (Wildman–Crippen LogP) is 6.34. The molecule has 0 bridgehead atoms. The van der Waals surface area contributed by atoms with Crippen molar-refractivity contribution in [2.45, 2.75) is 22.8 Å². The number of benzene rings is 2. The fourth-order valence-electron chi connectivity index (χ4n) is 3.18. The smallest absolute Gasteiger partial charge is 0.352 e. The molecule has 1 fully saturated rings. The summed E-state index contributed by atoms with van der Waals surface area (Å²) in [5.74, 6) is -3.58. The van der Waals surface area contributed by atoms with Crippen molar-refractivity contribution < 1.29 is 27.2 Å². The van der Waals surface area contributed by atoms with Gasteiger partial charge in [0.2, 0.25) is 5.91 Å². The first-order chi connectivity index (χ1) is 14.8. The lowest BCUT2D eigenvalue weighted by atomic mass is 10.1. The van der Waals surface area contributed by atoms with E-state index in [1.165, 1.54) is 30.3 Å². The van der Waals surface area contributed by atoms with Gasteiger partial charge in [0.05, 0.1) is 27.9 Å². The van der Waals surface area contributed by atoms with Crippen molar-refractivity contribution in [2.75, 3.05) is 11.9 Å². The molecule has 32 heavy (non-hydrogen) atoms. The van der Waals surface area contributed by atoms with Crippen LogP contribution in [0.1, 0.15) is 28.3 Å². The molecular formula is C20H14Cl4F4N2O2. The topological polar surface area (TPSA) is 58.2 Å². The third-order valence-electron chi connectivity index (χ3n) is 4.81. The van der Waals surface area contributed by atoms with Gasteiger partial charge in [-0.05, 0) is 35.9 Å². The van der Waals surface area contributed by atoms with Gasteiger partial charge in [-0.2, -0.15) is 13.2 Å². The quantitative estimate of drug-likeness (QED) is 0.337. The lowest BCUT2D eigenvalue weighted by molar-refractivity contribution is -0.133. The van der Waals surface area contributed by atoms with E-state index in [1.54, 1.807) is 0 Å². The van der Waals surface area contributed by atoms with Crippen LogP contribution in [0.2, 0.25) is 10.0 Å². The number of halogens is 8. The van der Waals surface area contributed by atoms with Gasteiger partial charge in [0.1, 0.15) is 10.2 Å². The zero-order chi connectivity index (χ0) is 23.8. The predicted molar refractivity (Wildman–Crippen MR) is 115 cm³/mol. The van der Waals surface area contributed by atoms with Crippen molar-refractivity contribution in [3.63, 3.8) is 0 Å². The number of amides is 2. The molecule has 3 rings (SSSR count). The minimum atomic E-state index is -4.42. The maximum atomic E-state index is 13.4. The summed E-state index contributed by atoms with van der Waals surface area (Å²) < 4.78 is 48.7. The highest BCUT2D eigenvalue weighted by molar-refractivity contribution is 6.53. The highest BCUT2D eigenvalue weighted by Gasteiger charge is 2.67. The fourth-order valence-corrected chi connectivity index (χ4v) is 4.40. The van der Waals surface area contributed by atoms with Crippen LogP contribution >= 0.6 is 46.4 Å². The van der Waals surface area contributed by atoms with Crippen molar-refractivity contribution in [1.82, 2.24) is 5.32 Å². The molecule has 172 valence electrons. The molecule has 0 spiro atoms. The second-order valence-corrected chi connectivity index (χ2v) is 9.37. The van der Waals surface area contributed by atoms with Crippen LogP contribution in [0, 0.1) is 11.7 Å². The van der Waals surface area contributed by atoms with Crippen LogP contribution < -0.4 is 10.6 Å². The molecule has 1 aliphatic rings. The van der Waals surface area contributed by atoms with Crippen LogP contribution in [0.5, 0.6) is 0 Å². The molecule has 0 radical (unpaired) electrons. The Hall–Kier alpha value is -1.74. The van der Waals surface area contributed by atoms with Crippen LogP contribution in [-0.4, -0.2) is 28.9 Å². The van der Waals surface area contributed by atoms with Crippen molar-refractivity contribution >= 4 is 63.9 Å². The number of nitrogens with one attached hydrogen (secondary N) is 2. The Kier molecular flexibility index (Phi) is 7.20. The van der Waals surface area contributed by atoms with E-state index < -0.39 is 52.9 Å². The zero-order valence-electron chi connectivity index (χ0n) is 15.9. The maximum Gasteiger partial charge on any atom is 0.390 e. The fraction of sp³-hybridized carbons (Fsp3) is 0.300. The van der Waals surface area contributed by atoms with E-state index in [2.05, 4.69) is 10.6 Å². The summed E-state index contributed by atoms with van der Waals surface area (Å²) in [5.41, 5.74) is 0.516. The summed E-state index contributed by atoms with van der Waals surface area (Å²) in [6.45, 7) is -0.625. The summed E-state index contributed by atoms with van der Waals surface area (Å²) in [7, 11) is 0. The Morgan fingerprint density at radius 2 is 1.72 bits per heavy atom. The molecule has 2 aromatic rings. The Morgan fingerprint density at radius 1 is 1.03 bits per heavy atom. The highest BCUT2D eigenvalue weighted by atomic mass is 35.5. The first kappa shape index (κ1) is 24.9. The van der Waals surface area contributed by atoms with Gasteiger partial charge in [-0.1, -0.05) is 29.3 Å². The zero-order valence-corrected chi connectivity index (χ0v) is 18.9. The van der Waals surface area contributed by atoms with Gasteiger partial charge in [0.25, 0.3) is 5.91 Å². The van der Waals surface area contributed by atoms with Crippen molar-refractivity contribution in [1.29, 1.82) is 0 Å². The van der Waals surface area contributed by atoms with E-state index in [-0.39, 0.29) is 21.3 Å². The summed E-state index contributed by atoms with van der Waals surface area (Å²) in [6.07, 6.45) is -5.62. The molecule has 0 saturated heterocycles. The van der Waals surface area contributed by atoms with Crippen molar-refractivity contribution in [2.24, 2.45) is 5.92 Å². The first-order valence-electron chi connectivity index (χ1n) is 9.09. The molecular weight excluding hydrogens is 518 g/mol. The number of carbonyl (C=O) groups excluding carboxylic acids is 2. The minimum absolute atomic E-state index is 0.0122. The van der Waals surface area contributed by atoms with E-state index >= 15 is 0 Å². The molecule has 0 heterocycles. The molecule has 2 atom stereocenters. The van der Waals surface area contributed by atoms with Crippen molar-refractivity contribution in [3.8, 4) is 0 Å². The summed E-state index contributed by atoms with van der Waals surface area (Å²) in [6, 6.07) is 7.83. The lowest BCUT2D eigenvalue weighted by Gasteiger charge is -2.11. The molecule has 0 aliphatic heterocycles. The van der Waals surface area contributed by atoms with Gasteiger partial charge in [0.15, 0.2) is 0 Å². The monoisotopic (exact) mass is 530 g/mol. The normalized spacial score (nSPS) is 19.4. The van der Waals surface area contributed by atoms with E-state index in [0.717, 1.165) is 6.07 Å². The number of carbonyl (C=O) groups is 2. The molecule has 1 aliphatic carbocycles. The average Bonchev–Trinajstić information content (AvgIpc) is 3.26. The Labute approximate surface area is 200 Å². The van der Waals surface area contributed by atoms with Gasteiger partial charge in [0, 0.05) is 18.2 Å². The van der Waals surface area contributed by atoms with Crippen LogP contribution in [-0.2, 0) is 4.79 Å². The Balaban J connectivity index is 1.70. The maximum absolute atomic E-state index is 13.4. The molecule has 2 aromatic carbocycles. The van der Waals surface area contributed by atoms with Gasteiger partial charge in [-0.15, -0.1) is 23.2 Å². The number of hydrogen-bond acceptors (Lipinski definition) is 2. The summed E-state index contributed by atoms with van der Waals surface area (Å²) >= 11 is 24.3. The Bertz CT molecular complexity index is 1060. The largest absolute Gasteiger partial charge is 0.390 e. The standard InChI is InChI=1S/C20H14Cl4F4N2O2/c21-12-3-2-10(8-11(12)17(31)29-6-5-19(26,27)28)30-18(32)16-15(20(16,23)24)9-1-4-14(25)13(22)7-9/h1-4,7-8,15-16H,5-6H2,(H,29,31)(H,30,32)/t15-,16+/m1/s1. The van der Waals surface area contributed by atoms with Crippen LogP contribution in [0.25, 0.3) is 0 Å². The third-order valence-corrected chi connectivity index (χ3v) is 6.37. The van der Waals surface area contributed by atoms with E-state index in [9.17, 15) is 27.2 Å². The van der Waals surface area contributed by atoms with E-state index in [0.29, 0.717) is 5.56 Å². The number of alkyl halides is 5. The second-order valence-electron chi connectivity index (χ2n) is 7.11. The van der Waals surface area contributed by atoms with Gasteiger partial charge >= 0.3 is 6.18 Å². The molecule has 0 unspecified atom stereocenters. The summed E-state index contributed by atoms with van der Waals surface area (Å²) in [5, 5.41) is 4.52. The molecule has 1 saturated carbocycles. The van der Waals surface area contributed by atoms with E-state index in [1.807, 2.05) is 0 Å². The van der Waals surface area contributed by atoms with Crippen molar-refractivity contribution in [3.05, 3.63) is 63.4 Å². The van der Waals surface area contributed by atoms with E-state index in [4.69, 9.17) is 46.4 Å². The minimum Gasteiger partial charge on any atom is -0.352 e. The van der Waals surface area contributed by atoms with Crippen LogP contribution in [0.4, 0.5) is 23.2 Å². The van der Waals surface area contributed by atoms with Gasteiger partial charge < -0.3 is 10.6 Å². The number of rotatable bonds is 6. The van der Waals surface area contributed by atoms with Gasteiger partial charge in [-0.25, -0.2) is 4.39 Å². The Morgan fingerprint density at radius 3 is 2.34 bits per heavy atom. The van der Waals surface area contributed by atoms with Crippen LogP contribution in [0.3, 0.4) is 0 Å². The lowest BCUT2D eigenvalue weighted by Crippen LogP contribution is -2.28. The molecule has 2 N–H and O–H groups in total. The SMILES string of the molecule is O=C(NCCC(F)(F)F)c1cc(NC(=O)[C@@H]2[C@@H](c3ccc(F)c(Cl)c3)C2(Cl)Cl)ccc1Cl. The highest BCUT2D eigenvalue weighted by Crippen LogP contribution is 2.65. The molecule has 2 amide bonds. The van der Waals surface area contributed by atoms with Gasteiger partial charge in [-0.3, -0.25) is 9.59 Å².